The van der Waals surface area contributed by atoms with Gasteiger partial charge in [0.25, 0.3) is 5.91 Å². The van der Waals surface area contributed by atoms with E-state index in [1.165, 1.54) is 18.2 Å². The van der Waals surface area contributed by atoms with Gasteiger partial charge in [-0.25, -0.2) is 4.39 Å². The Kier molecular flexibility index (Phi) is 4.39. The number of carbonyl (C=O) groups is 1. The molecule has 2 saturated heterocycles. The van der Waals surface area contributed by atoms with Crippen LogP contribution in [0.2, 0.25) is 5.02 Å². The number of likely N-dealkylation sites (tertiary alicyclic amines) is 1. The van der Waals surface area contributed by atoms with Crippen LogP contribution in [-0.4, -0.2) is 45.9 Å². The van der Waals surface area contributed by atoms with Crippen LogP contribution in [-0.2, 0) is 0 Å². The summed E-state index contributed by atoms with van der Waals surface area (Å²) in [4.78, 5) is 25.9. The number of aromatic nitrogens is 2. The quantitative estimate of drug-likeness (QED) is 0.631. The molecule has 2 aliphatic heterocycles. The lowest BCUT2D eigenvalue weighted by Gasteiger charge is -2.58. The third kappa shape index (κ3) is 3.12. The molecular weight excluding hydrogens is 391 g/mol. The zero-order valence-corrected chi connectivity index (χ0v) is 16.6. The SMILES string of the molecule is O=C(c1cc(Cl)ccc1F)N1CCC[C@]2(CCN2c2ccc3nccnc3c2)C1. The molecule has 29 heavy (non-hydrogen) atoms. The van der Waals surface area contributed by atoms with E-state index in [0.717, 1.165) is 42.5 Å². The smallest absolute Gasteiger partial charge is 0.256 e. The second-order valence-corrected chi connectivity index (χ2v) is 8.25. The number of carbonyl (C=O) groups excluding carboxylic acids is 1. The van der Waals surface area contributed by atoms with Crippen LogP contribution in [0.5, 0.6) is 0 Å². The van der Waals surface area contributed by atoms with Crippen molar-refractivity contribution in [2.45, 2.75) is 24.8 Å². The predicted octanol–water partition coefficient (Wildman–Crippen LogP) is 4.31. The van der Waals surface area contributed by atoms with E-state index in [0.29, 0.717) is 18.1 Å². The Hall–Kier alpha value is -2.73. The summed E-state index contributed by atoms with van der Waals surface area (Å²) < 4.78 is 14.2. The van der Waals surface area contributed by atoms with Gasteiger partial charge >= 0.3 is 0 Å². The molecule has 2 aromatic carbocycles. The fourth-order valence-electron chi connectivity index (χ4n) is 4.60. The molecule has 0 saturated carbocycles. The van der Waals surface area contributed by atoms with Gasteiger partial charge in [0.15, 0.2) is 0 Å². The molecule has 1 atom stereocenters. The van der Waals surface area contributed by atoms with Crippen molar-refractivity contribution in [3.8, 4) is 0 Å². The summed E-state index contributed by atoms with van der Waals surface area (Å²) in [5.74, 6) is -0.821. The number of hydrogen-bond acceptors (Lipinski definition) is 4. The van der Waals surface area contributed by atoms with E-state index in [1.807, 2.05) is 6.07 Å². The maximum atomic E-state index is 14.2. The minimum atomic E-state index is -0.530. The molecule has 7 heteroatoms. The lowest BCUT2D eigenvalue weighted by atomic mass is 9.77. The Morgan fingerprint density at radius 2 is 1.86 bits per heavy atom. The van der Waals surface area contributed by atoms with Crippen LogP contribution in [0.3, 0.4) is 0 Å². The minimum absolute atomic E-state index is 0.0430. The molecule has 0 N–H and O–H groups in total. The van der Waals surface area contributed by atoms with Gasteiger partial charge in [-0.05, 0) is 55.7 Å². The summed E-state index contributed by atoms with van der Waals surface area (Å²) in [5, 5.41) is 0.365. The molecule has 1 aromatic heterocycles. The summed E-state index contributed by atoms with van der Waals surface area (Å²) in [7, 11) is 0. The number of anilines is 1. The first-order chi connectivity index (χ1) is 14.1. The predicted molar refractivity (Wildman–Crippen MR) is 111 cm³/mol. The van der Waals surface area contributed by atoms with E-state index in [2.05, 4.69) is 27.0 Å². The van der Waals surface area contributed by atoms with Crippen molar-refractivity contribution in [1.82, 2.24) is 14.9 Å². The van der Waals surface area contributed by atoms with Gasteiger partial charge in [0, 0.05) is 42.7 Å². The standard InChI is InChI=1S/C22H20ClFN4O/c23-15-2-4-18(24)17(12-15)21(29)27-10-1-6-22(14-27)7-11-28(22)16-3-5-19-20(13-16)26-9-8-25-19/h2-5,8-9,12-13H,1,6-7,10-11,14H2/t22-/m0/s1. The number of rotatable bonds is 2. The topological polar surface area (TPSA) is 49.3 Å². The molecule has 0 radical (unpaired) electrons. The lowest BCUT2D eigenvalue weighted by molar-refractivity contribution is 0.0559. The normalized spacial score (nSPS) is 21.4. The highest BCUT2D eigenvalue weighted by Crippen LogP contribution is 2.42. The number of amides is 1. The number of benzene rings is 2. The third-order valence-corrected chi connectivity index (χ3v) is 6.37. The van der Waals surface area contributed by atoms with Gasteiger partial charge in [0.2, 0.25) is 0 Å². The summed E-state index contributed by atoms with van der Waals surface area (Å²) in [6.45, 7) is 2.14. The molecule has 3 aromatic rings. The fourth-order valence-corrected chi connectivity index (χ4v) is 4.78. The average Bonchev–Trinajstić information content (AvgIpc) is 2.74. The second-order valence-electron chi connectivity index (χ2n) is 7.81. The van der Waals surface area contributed by atoms with Crippen molar-refractivity contribution in [3.63, 3.8) is 0 Å². The molecule has 148 valence electrons. The van der Waals surface area contributed by atoms with Gasteiger partial charge in [-0.3, -0.25) is 14.8 Å². The first kappa shape index (κ1) is 18.3. The third-order valence-electron chi connectivity index (χ3n) is 6.14. The molecule has 2 fully saturated rings. The van der Waals surface area contributed by atoms with Crippen molar-refractivity contribution in [2.24, 2.45) is 0 Å². The zero-order chi connectivity index (χ0) is 20.0. The van der Waals surface area contributed by atoms with E-state index in [-0.39, 0.29) is 17.0 Å². The number of nitrogens with zero attached hydrogens (tertiary/aromatic N) is 4. The van der Waals surface area contributed by atoms with Gasteiger partial charge in [0.05, 0.1) is 22.1 Å². The van der Waals surface area contributed by atoms with E-state index in [9.17, 15) is 9.18 Å². The molecule has 0 aliphatic carbocycles. The highest BCUT2D eigenvalue weighted by Gasteiger charge is 2.48. The van der Waals surface area contributed by atoms with Gasteiger partial charge < -0.3 is 9.80 Å². The molecule has 5 nitrogen and oxygen atoms in total. The molecule has 2 aliphatic rings. The number of fused-ring (bicyclic) bond motifs is 1. The van der Waals surface area contributed by atoms with Crippen molar-refractivity contribution in [1.29, 1.82) is 0 Å². The van der Waals surface area contributed by atoms with Crippen molar-refractivity contribution in [3.05, 3.63) is 65.2 Å². The molecule has 0 bridgehead atoms. The highest BCUT2D eigenvalue weighted by atomic mass is 35.5. The van der Waals surface area contributed by atoms with Crippen LogP contribution in [0.1, 0.15) is 29.6 Å². The molecule has 1 spiro atoms. The van der Waals surface area contributed by atoms with E-state index < -0.39 is 5.82 Å². The maximum Gasteiger partial charge on any atom is 0.256 e. The summed E-state index contributed by atoms with van der Waals surface area (Å²) in [6.07, 6.45) is 6.28. The summed E-state index contributed by atoms with van der Waals surface area (Å²) in [5.41, 5.74) is 2.74. The Morgan fingerprint density at radius 3 is 2.66 bits per heavy atom. The first-order valence-electron chi connectivity index (χ1n) is 9.79. The van der Waals surface area contributed by atoms with Crippen LogP contribution < -0.4 is 4.90 Å². The second kappa shape index (κ2) is 6.95. The van der Waals surface area contributed by atoms with Crippen LogP contribution in [0.4, 0.5) is 10.1 Å². The van der Waals surface area contributed by atoms with E-state index in [1.54, 1.807) is 17.3 Å². The zero-order valence-electron chi connectivity index (χ0n) is 15.8. The first-order valence-corrected chi connectivity index (χ1v) is 10.2. The Balaban J connectivity index is 1.41. The minimum Gasteiger partial charge on any atom is -0.364 e. The molecule has 0 unspecified atom stereocenters. The largest absolute Gasteiger partial charge is 0.364 e. The maximum absolute atomic E-state index is 14.2. The summed E-state index contributed by atoms with van der Waals surface area (Å²) >= 11 is 5.99. The molecule has 3 heterocycles. The highest BCUT2D eigenvalue weighted by molar-refractivity contribution is 6.31. The molecular formula is C22H20ClFN4O. The van der Waals surface area contributed by atoms with Gasteiger partial charge in [-0.15, -0.1) is 0 Å². The number of hydrogen-bond donors (Lipinski definition) is 0. The molecule has 5 rings (SSSR count). The number of piperidine rings is 1. The van der Waals surface area contributed by atoms with Crippen LogP contribution in [0.25, 0.3) is 11.0 Å². The van der Waals surface area contributed by atoms with Crippen molar-refractivity contribution >= 4 is 34.2 Å². The summed E-state index contributed by atoms with van der Waals surface area (Å²) in [6, 6.07) is 10.2. The van der Waals surface area contributed by atoms with Crippen LogP contribution in [0, 0.1) is 5.82 Å². The Morgan fingerprint density at radius 1 is 1.03 bits per heavy atom. The van der Waals surface area contributed by atoms with E-state index >= 15 is 0 Å². The van der Waals surface area contributed by atoms with Gasteiger partial charge in [-0.2, -0.15) is 0 Å². The van der Waals surface area contributed by atoms with Gasteiger partial charge in [-0.1, -0.05) is 11.6 Å². The van der Waals surface area contributed by atoms with Crippen molar-refractivity contribution in [2.75, 3.05) is 24.5 Å². The monoisotopic (exact) mass is 410 g/mol. The van der Waals surface area contributed by atoms with Crippen LogP contribution in [0.15, 0.2) is 48.8 Å². The Labute approximate surface area is 173 Å². The number of halogens is 2. The van der Waals surface area contributed by atoms with Crippen LogP contribution >= 0.6 is 11.6 Å². The van der Waals surface area contributed by atoms with Gasteiger partial charge in [0.1, 0.15) is 5.82 Å². The average molecular weight is 411 g/mol. The lowest BCUT2D eigenvalue weighted by Crippen LogP contribution is -2.68. The molecule has 1 amide bonds. The fraction of sp³-hybridized carbons (Fsp3) is 0.318. The van der Waals surface area contributed by atoms with Crippen molar-refractivity contribution < 1.29 is 9.18 Å². The van der Waals surface area contributed by atoms with E-state index in [4.69, 9.17) is 11.6 Å². The Bertz CT molecular complexity index is 1110.